The van der Waals surface area contributed by atoms with Crippen molar-refractivity contribution in [2.75, 3.05) is 20.3 Å². The van der Waals surface area contributed by atoms with Crippen LogP contribution in [-0.2, 0) is 19.1 Å². The van der Waals surface area contributed by atoms with Gasteiger partial charge >= 0.3 is 11.9 Å². The first kappa shape index (κ1) is 8.58. The Morgan fingerprint density at radius 1 is 1.75 bits per heavy atom. The van der Waals surface area contributed by atoms with Crippen LogP contribution in [0.4, 0.5) is 0 Å². The first-order valence-electron chi connectivity index (χ1n) is 3.44. The Bertz CT molecular complexity index is 234. The molecule has 0 unspecified atom stereocenters. The number of rotatable bonds is 1. The molecule has 1 fully saturated rings. The van der Waals surface area contributed by atoms with Crippen LogP contribution in [0, 0.1) is 0 Å². The molecule has 0 aliphatic carbocycles. The molecular formula is C7H9NO4. The van der Waals surface area contributed by atoms with Crippen LogP contribution in [0.15, 0.2) is 11.8 Å². The Morgan fingerprint density at radius 3 is 3.08 bits per heavy atom. The summed E-state index contributed by atoms with van der Waals surface area (Å²) in [5, 5.41) is 2.72. The van der Waals surface area contributed by atoms with Gasteiger partial charge in [-0.3, -0.25) is 0 Å². The summed E-state index contributed by atoms with van der Waals surface area (Å²) in [5.74, 6) is -1.09. The molecule has 0 atom stereocenters. The number of carbonyl (C=O) groups is 2. The summed E-state index contributed by atoms with van der Waals surface area (Å²) in [7, 11) is 1.24. The smallest absolute Gasteiger partial charge is 0.354 e. The fourth-order valence-electron chi connectivity index (χ4n) is 0.766. The van der Waals surface area contributed by atoms with Crippen LogP contribution in [-0.4, -0.2) is 32.2 Å². The van der Waals surface area contributed by atoms with Gasteiger partial charge in [0.2, 0.25) is 0 Å². The average Bonchev–Trinajstić information content (AvgIpc) is 2.09. The zero-order valence-corrected chi connectivity index (χ0v) is 6.62. The lowest BCUT2D eigenvalue weighted by molar-refractivity contribution is -0.142. The number of hydrogen-bond donors (Lipinski definition) is 1. The fourth-order valence-corrected chi connectivity index (χ4v) is 0.766. The van der Waals surface area contributed by atoms with Gasteiger partial charge in [-0.2, -0.15) is 0 Å². The van der Waals surface area contributed by atoms with E-state index in [4.69, 9.17) is 0 Å². The van der Waals surface area contributed by atoms with E-state index < -0.39 is 11.9 Å². The highest BCUT2D eigenvalue weighted by Crippen LogP contribution is 1.99. The molecule has 0 radical (unpaired) electrons. The van der Waals surface area contributed by atoms with Gasteiger partial charge in [0.05, 0.1) is 13.2 Å². The summed E-state index contributed by atoms with van der Waals surface area (Å²) in [5.41, 5.74) is 0.146. The van der Waals surface area contributed by atoms with Crippen LogP contribution in [0.25, 0.3) is 0 Å². The van der Waals surface area contributed by atoms with Crippen molar-refractivity contribution in [2.24, 2.45) is 0 Å². The van der Waals surface area contributed by atoms with Crippen molar-refractivity contribution in [2.45, 2.75) is 0 Å². The van der Waals surface area contributed by atoms with E-state index in [-0.39, 0.29) is 5.70 Å². The molecule has 1 aliphatic heterocycles. The summed E-state index contributed by atoms with van der Waals surface area (Å²) >= 11 is 0. The van der Waals surface area contributed by atoms with Crippen LogP contribution in [0.3, 0.4) is 0 Å². The Labute approximate surface area is 69.3 Å². The second-order valence-electron chi connectivity index (χ2n) is 2.14. The highest BCUT2D eigenvalue weighted by Gasteiger charge is 2.16. The molecule has 1 saturated heterocycles. The Kier molecular flexibility index (Phi) is 2.68. The number of methoxy groups -OCH3 is 1. The third kappa shape index (κ3) is 1.98. The number of carbonyl (C=O) groups excluding carboxylic acids is 2. The lowest BCUT2D eigenvalue weighted by Gasteiger charge is -2.15. The van der Waals surface area contributed by atoms with E-state index in [1.165, 1.54) is 7.11 Å². The van der Waals surface area contributed by atoms with Gasteiger partial charge < -0.3 is 14.8 Å². The summed E-state index contributed by atoms with van der Waals surface area (Å²) in [4.78, 5) is 21.6. The molecule has 0 aromatic carbocycles. The zero-order chi connectivity index (χ0) is 8.97. The number of ether oxygens (including phenoxy) is 2. The van der Waals surface area contributed by atoms with Gasteiger partial charge in [-0.1, -0.05) is 0 Å². The minimum Gasteiger partial charge on any atom is -0.466 e. The van der Waals surface area contributed by atoms with Crippen molar-refractivity contribution in [1.82, 2.24) is 5.32 Å². The molecule has 1 heterocycles. The predicted octanol–water partition coefficient (Wildman–Crippen LogP) is -0.810. The molecule has 1 rings (SSSR count). The third-order valence-corrected chi connectivity index (χ3v) is 1.33. The minimum atomic E-state index is -0.573. The maximum atomic E-state index is 10.9. The molecule has 0 aromatic heterocycles. The summed E-state index contributed by atoms with van der Waals surface area (Å²) in [6.45, 7) is 0.853. The molecule has 5 nitrogen and oxygen atoms in total. The Balaban J connectivity index is 2.65. The highest BCUT2D eigenvalue weighted by atomic mass is 16.5. The van der Waals surface area contributed by atoms with E-state index in [1.807, 2.05) is 0 Å². The molecule has 1 aliphatic rings. The van der Waals surface area contributed by atoms with E-state index in [1.54, 1.807) is 0 Å². The maximum absolute atomic E-state index is 10.9. The lowest BCUT2D eigenvalue weighted by atomic mass is 10.3. The largest absolute Gasteiger partial charge is 0.466 e. The summed E-state index contributed by atoms with van der Waals surface area (Å²) in [6.07, 6.45) is 1.07. The van der Waals surface area contributed by atoms with Crippen molar-refractivity contribution >= 4 is 11.9 Å². The average molecular weight is 171 g/mol. The van der Waals surface area contributed by atoms with Gasteiger partial charge in [0.1, 0.15) is 12.3 Å². The number of morpholine rings is 1. The van der Waals surface area contributed by atoms with Crippen molar-refractivity contribution in [3.63, 3.8) is 0 Å². The normalized spacial score (nSPS) is 19.8. The minimum absolute atomic E-state index is 0.146. The molecular weight excluding hydrogens is 162 g/mol. The second kappa shape index (κ2) is 3.75. The standard InChI is InChI=1S/C7H9NO4/c1-11-6(9)4-5-7(10)12-3-2-8-5/h4,8H,2-3H2,1H3. The zero-order valence-electron chi connectivity index (χ0n) is 6.62. The summed E-state index contributed by atoms with van der Waals surface area (Å²) < 4.78 is 9.00. The van der Waals surface area contributed by atoms with Gasteiger partial charge in [0.15, 0.2) is 0 Å². The Hall–Kier alpha value is -1.52. The van der Waals surface area contributed by atoms with E-state index in [9.17, 15) is 9.59 Å². The van der Waals surface area contributed by atoms with Gasteiger partial charge in [-0.15, -0.1) is 0 Å². The van der Waals surface area contributed by atoms with Crippen molar-refractivity contribution < 1.29 is 19.1 Å². The molecule has 66 valence electrons. The van der Waals surface area contributed by atoms with Gasteiger partial charge in [-0.25, -0.2) is 9.59 Å². The lowest BCUT2D eigenvalue weighted by Crippen LogP contribution is -2.33. The molecule has 0 bridgehead atoms. The van der Waals surface area contributed by atoms with Crippen LogP contribution in [0.1, 0.15) is 0 Å². The van der Waals surface area contributed by atoms with E-state index in [2.05, 4.69) is 14.8 Å². The van der Waals surface area contributed by atoms with E-state index in [0.717, 1.165) is 6.08 Å². The monoisotopic (exact) mass is 171 g/mol. The van der Waals surface area contributed by atoms with E-state index >= 15 is 0 Å². The predicted molar refractivity (Wildman–Crippen MR) is 39.1 cm³/mol. The van der Waals surface area contributed by atoms with E-state index in [0.29, 0.717) is 13.2 Å². The first-order chi connectivity index (χ1) is 5.74. The number of hydrogen-bond acceptors (Lipinski definition) is 5. The molecule has 0 saturated carbocycles. The second-order valence-corrected chi connectivity index (χ2v) is 2.14. The van der Waals surface area contributed by atoms with Crippen LogP contribution >= 0.6 is 0 Å². The number of cyclic esters (lactones) is 1. The van der Waals surface area contributed by atoms with Crippen molar-refractivity contribution in [3.8, 4) is 0 Å². The molecule has 0 spiro atoms. The Morgan fingerprint density at radius 2 is 2.50 bits per heavy atom. The van der Waals surface area contributed by atoms with Gasteiger partial charge in [-0.05, 0) is 0 Å². The summed E-state index contributed by atoms with van der Waals surface area (Å²) in [6, 6.07) is 0. The van der Waals surface area contributed by atoms with Gasteiger partial charge in [0.25, 0.3) is 0 Å². The molecule has 12 heavy (non-hydrogen) atoms. The fraction of sp³-hybridized carbons (Fsp3) is 0.429. The molecule has 0 aromatic rings. The third-order valence-electron chi connectivity index (χ3n) is 1.33. The van der Waals surface area contributed by atoms with Crippen LogP contribution < -0.4 is 5.32 Å². The molecule has 1 N–H and O–H groups in total. The van der Waals surface area contributed by atoms with Gasteiger partial charge in [0, 0.05) is 6.54 Å². The van der Waals surface area contributed by atoms with Crippen LogP contribution in [0.2, 0.25) is 0 Å². The quantitative estimate of drug-likeness (QED) is 0.413. The van der Waals surface area contributed by atoms with Crippen molar-refractivity contribution in [3.05, 3.63) is 11.8 Å². The maximum Gasteiger partial charge on any atom is 0.354 e. The number of esters is 2. The molecule has 0 amide bonds. The van der Waals surface area contributed by atoms with Crippen molar-refractivity contribution in [1.29, 1.82) is 0 Å². The SMILES string of the molecule is COC(=O)C=C1NCCOC1=O. The van der Waals surface area contributed by atoms with Crippen LogP contribution in [0.5, 0.6) is 0 Å². The number of nitrogens with one attached hydrogen (secondary N) is 1. The topological polar surface area (TPSA) is 64.6 Å². The highest BCUT2D eigenvalue weighted by molar-refractivity contribution is 5.96. The molecule has 5 heteroatoms. The first-order valence-corrected chi connectivity index (χ1v) is 3.44.